The van der Waals surface area contributed by atoms with Gasteiger partial charge in [-0.05, 0) is 45.0 Å². The van der Waals surface area contributed by atoms with Crippen molar-refractivity contribution < 1.29 is 22.7 Å². The van der Waals surface area contributed by atoms with Gasteiger partial charge >= 0.3 is 6.09 Å². The second-order valence-corrected chi connectivity index (χ2v) is 9.07. The number of rotatable bonds is 2. The molecule has 1 aliphatic heterocycles. The summed E-state index contributed by atoms with van der Waals surface area (Å²) >= 11 is 0. The minimum absolute atomic E-state index is 0.177. The van der Waals surface area contributed by atoms with Crippen molar-refractivity contribution in [1.29, 1.82) is 0 Å². The van der Waals surface area contributed by atoms with E-state index in [1.807, 2.05) is 20.8 Å². The number of amides is 2. The first-order valence-corrected chi connectivity index (χ1v) is 9.94. The van der Waals surface area contributed by atoms with Crippen LogP contribution in [0.15, 0.2) is 29.2 Å². The highest BCUT2D eigenvalue weighted by Gasteiger charge is 2.28. The number of nitrogens with zero attached hydrogens (tertiary/aromatic N) is 2. The highest BCUT2D eigenvalue weighted by molar-refractivity contribution is 7.90. The molecule has 1 aliphatic rings. The number of hydrogen-bond acceptors (Lipinski definition) is 5. The van der Waals surface area contributed by atoms with E-state index in [-0.39, 0.29) is 16.9 Å². The normalized spacial score (nSPS) is 15.8. The summed E-state index contributed by atoms with van der Waals surface area (Å²) in [5.41, 5.74) is -0.121. The Morgan fingerprint density at radius 2 is 1.44 bits per heavy atom. The van der Waals surface area contributed by atoms with Crippen molar-refractivity contribution in [1.82, 2.24) is 9.80 Å². The van der Waals surface area contributed by atoms with Gasteiger partial charge in [0.15, 0.2) is 9.84 Å². The van der Waals surface area contributed by atoms with Gasteiger partial charge in [-0.25, -0.2) is 13.2 Å². The summed E-state index contributed by atoms with van der Waals surface area (Å²) in [5.74, 6) is -0.177. The summed E-state index contributed by atoms with van der Waals surface area (Å²) < 4.78 is 28.3. The average Bonchev–Trinajstić information content (AvgIpc) is 2.52. The fraction of sp³-hybridized carbons (Fsp3) is 0.529. The molecule has 0 atom stereocenters. The second kappa shape index (κ2) is 7.03. The Hall–Kier alpha value is -2.09. The lowest BCUT2D eigenvalue weighted by atomic mass is 10.2. The van der Waals surface area contributed by atoms with Crippen LogP contribution in [0.25, 0.3) is 0 Å². The van der Waals surface area contributed by atoms with Gasteiger partial charge in [-0.15, -0.1) is 0 Å². The predicted molar refractivity (Wildman–Crippen MR) is 93.3 cm³/mol. The molecule has 8 heteroatoms. The molecule has 138 valence electrons. The van der Waals surface area contributed by atoms with Crippen LogP contribution in [0.1, 0.15) is 31.1 Å². The second-order valence-electron chi connectivity index (χ2n) is 7.06. The molecule has 0 aromatic heterocycles. The molecule has 0 unspecified atom stereocenters. The van der Waals surface area contributed by atoms with E-state index in [0.29, 0.717) is 31.7 Å². The summed E-state index contributed by atoms with van der Waals surface area (Å²) in [7, 11) is -3.28. The largest absolute Gasteiger partial charge is 0.444 e. The molecule has 1 aromatic carbocycles. The zero-order chi connectivity index (χ0) is 18.8. The van der Waals surface area contributed by atoms with Crippen molar-refractivity contribution in [3.63, 3.8) is 0 Å². The van der Waals surface area contributed by atoms with Crippen LogP contribution < -0.4 is 0 Å². The standard InChI is InChI=1S/C17H24N2O5S/c1-17(2,3)24-16(21)19-11-9-18(10-12-19)15(20)13-5-7-14(8-6-13)25(4,22)23/h5-8H,9-12H2,1-4H3. The van der Waals surface area contributed by atoms with Gasteiger partial charge in [-0.1, -0.05) is 0 Å². The van der Waals surface area contributed by atoms with Crippen molar-refractivity contribution in [3.8, 4) is 0 Å². The summed E-state index contributed by atoms with van der Waals surface area (Å²) in [5, 5.41) is 0. The number of carbonyl (C=O) groups is 2. The van der Waals surface area contributed by atoms with Gasteiger partial charge in [-0.3, -0.25) is 4.79 Å². The summed E-state index contributed by atoms with van der Waals surface area (Å²) in [4.78, 5) is 28.0. The molecule has 0 radical (unpaired) electrons. The summed E-state index contributed by atoms with van der Waals surface area (Å²) in [6, 6.07) is 5.89. The van der Waals surface area contributed by atoms with Gasteiger partial charge < -0.3 is 14.5 Å². The van der Waals surface area contributed by atoms with Crippen molar-refractivity contribution in [2.75, 3.05) is 32.4 Å². The Kier molecular flexibility index (Phi) is 5.41. The van der Waals surface area contributed by atoms with Gasteiger partial charge in [0.1, 0.15) is 5.60 Å². The number of carbonyl (C=O) groups excluding carboxylic acids is 2. The van der Waals surface area contributed by atoms with Gasteiger partial charge in [0.25, 0.3) is 5.91 Å². The van der Waals surface area contributed by atoms with Gasteiger partial charge in [0.05, 0.1) is 4.90 Å². The Morgan fingerprint density at radius 3 is 1.88 bits per heavy atom. The maximum absolute atomic E-state index is 12.5. The van der Waals surface area contributed by atoms with Gasteiger partial charge in [0, 0.05) is 38.0 Å². The van der Waals surface area contributed by atoms with Crippen LogP contribution in [0.5, 0.6) is 0 Å². The van der Waals surface area contributed by atoms with Crippen LogP contribution >= 0.6 is 0 Å². The molecule has 0 N–H and O–H groups in total. The molecule has 1 heterocycles. The smallest absolute Gasteiger partial charge is 0.410 e. The first-order valence-electron chi connectivity index (χ1n) is 8.05. The van der Waals surface area contributed by atoms with Gasteiger partial charge in [0.2, 0.25) is 0 Å². The molecular formula is C17H24N2O5S. The highest BCUT2D eigenvalue weighted by atomic mass is 32.2. The average molecular weight is 368 g/mol. The van der Waals surface area contributed by atoms with Crippen LogP contribution in [-0.4, -0.2) is 68.3 Å². The first kappa shape index (κ1) is 19.2. The molecule has 0 bridgehead atoms. The monoisotopic (exact) mass is 368 g/mol. The van der Waals surface area contributed by atoms with E-state index in [9.17, 15) is 18.0 Å². The number of benzene rings is 1. The Bertz CT molecular complexity index is 742. The number of ether oxygens (including phenoxy) is 1. The fourth-order valence-electron chi connectivity index (χ4n) is 2.45. The zero-order valence-electron chi connectivity index (χ0n) is 15.0. The molecule has 2 rings (SSSR count). The summed E-state index contributed by atoms with van der Waals surface area (Å²) in [6.45, 7) is 7.06. The Balaban J connectivity index is 1.96. The molecule has 0 saturated carbocycles. The van der Waals surface area contributed by atoms with Crippen LogP contribution in [0.4, 0.5) is 4.79 Å². The topological polar surface area (TPSA) is 84.0 Å². The van der Waals surface area contributed by atoms with Crippen LogP contribution in [-0.2, 0) is 14.6 Å². The minimum atomic E-state index is -3.28. The Morgan fingerprint density at radius 1 is 0.960 bits per heavy atom. The third-order valence-corrected chi connectivity index (χ3v) is 4.88. The molecule has 25 heavy (non-hydrogen) atoms. The lowest BCUT2D eigenvalue weighted by molar-refractivity contribution is 0.0141. The number of piperazine rings is 1. The number of hydrogen-bond donors (Lipinski definition) is 0. The first-order chi connectivity index (χ1) is 11.5. The molecule has 7 nitrogen and oxygen atoms in total. The van der Waals surface area contributed by atoms with E-state index in [1.54, 1.807) is 9.80 Å². The van der Waals surface area contributed by atoms with E-state index < -0.39 is 15.4 Å². The maximum Gasteiger partial charge on any atom is 0.410 e. The van der Waals surface area contributed by atoms with E-state index in [1.165, 1.54) is 24.3 Å². The highest BCUT2D eigenvalue weighted by Crippen LogP contribution is 2.15. The molecule has 1 aromatic rings. The van der Waals surface area contributed by atoms with Gasteiger partial charge in [-0.2, -0.15) is 0 Å². The van der Waals surface area contributed by atoms with E-state index in [4.69, 9.17) is 4.74 Å². The van der Waals surface area contributed by atoms with Crippen LogP contribution in [0.3, 0.4) is 0 Å². The molecule has 0 spiro atoms. The summed E-state index contributed by atoms with van der Waals surface area (Å²) in [6.07, 6.45) is 0.747. The minimum Gasteiger partial charge on any atom is -0.444 e. The zero-order valence-corrected chi connectivity index (χ0v) is 15.8. The molecule has 2 amide bonds. The lowest BCUT2D eigenvalue weighted by Gasteiger charge is -2.35. The fourth-order valence-corrected chi connectivity index (χ4v) is 3.08. The van der Waals surface area contributed by atoms with E-state index in [2.05, 4.69) is 0 Å². The quantitative estimate of drug-likeness (QED) is 0.794. The lowest BCUT2D eigenvalue weighted by Crippen LogP contribution is -2.51. The van der Waals surface area contributed by atoms with E-state index >= 15 is 0 Å². The van der Waals surface area contributed by atoms with Crippen LogP contribution in [0, 0.1) is 0 Å². The van der Waals surface area contributed by atoms with Crippen molar-refractivity contribution in [3.05, 3.63) is 29.8 Å². The van der Waals surface area contributed by atoms with Crippen molar-refractivity contribution in [2.45, 2.75) is 31.3 Å². The SMILES string of the molecule is CC(C)(C)OC(=O)N1CCN(C(=O)c2ccc(S(C)(=O)=O)cc2)CC1. The number of sulfone groups is 1. The molecule has 0 aliphatic carbocycles. The third kappa shape index (κ3) is 5.19. The predicted octanol–water partition coefficient (Wildman–Crippen LogP) is 1.78. The van der Waals surface area contributed by atoms with E-state index in [0.717, 1.165) is 6.26 Å². The molecule has 1 fully saturated rings. The third-order valence-electron chi connectivity index (χ3n) is 3.75. The Labute approximate surface area is 148 Å². The van der Waals surface area contributed by atoms with Crippen molar-refractivity contribution in [2.24, 2.45) is 0 Å². The maximum atomic E-state index is 12.5. The van der Waals surface area contributed by atoms with Crippen LogP contribution in [0.2, 0.25) is 0 Å². The molecule has 1 saturated heterocycles. The van der Waals surface area contributed by atoms with Crippen molar-refractivity contribution >= 4 is 21.8 Å². The molecular weight excluding hydrogens is 344 g/mol.